The zero-order chi connectivity index (χ0) is 14.7. The molecule has 0 bridgehead atoms. The zero-order valence-corrected chi connectivity index (χ0v) is 13.0. The van der Waals surface area contributed by atoms with Crippen molar-refractivity contribution in [3.05, 3.63) is 29.8 Å². The summed E-state index contributed by atoms with van der Waals surface area (Å²) >= 11 is 0. The summed E-state index contributed by atoms with van der Waals surface area (Å²) in [4.78, 5) is 17.7. The van der Waals surface area contributed by atoms with Crippen LogP contribution in [-0.2, 0) is 11.3 Å². The van der Waals surface area contributed by atoms with Crippen LogP contribution < -0.4 is 4.90 Å². The smallest absolute Gasteiger partial charge is 0.219 e. The fourth-order valence-electron chi connectivity index (χ4n) is 2.60. The third kappa shape index (κ3) is 3.51. The first-order valence-electron chi connectivity index (χ1n) is 7.19. The van der Waals surface area contributed by atoms with Gasteiger partial charge in [-0.25, -0.2) is 0 Å². The number of hydrogen-bond acceptors (Lipinski definition) is 3. The van der Waals surface area contributed by atoms with Crippen molar-refractivity contribution in [2.75, 3.05) is 39.1 Å². The van der Waals surface area contributed by atoms with Gasteiger partial charge in [-0.15, -0.1) is 0 Å². The van der Waals surface area contributed by atoms with Gasteiger partial charge in [-0.2, -0.15) is 0 Å². The molecule has 110 valence electrons. The van der Waals surface area contributed by atoms with E-state index in [0.29, 0.717) is 12.6 Å². The monoisotopic (exact) mass is 275 g/mol. The molecule has 20 heavy (non-hydrogen) atoms. The molecule has 0 aliphatic carbocycles. The van der Waals surface area contributed by atoms with Crippen molar-refractivity contribution in [2.24, 2.45) is 0 Å². The lowest BCUT2D eigenvalue weighted by molar-refractivity contribution is -0.128. The van der Waals surface area contributed by atoms with Crippen molar-refractivity contribution in [1.82, 2.24) is 9.80 Å². The summed E-state index contributed by atoms with van der Waals surface area (Å²) in [6.45, 7) is 4.49. The van der Waals surface area contributed by atoms with E-state index in [1.807, 2.05) is 7.05 Å². The van der Waals surface area contributed by atoms with Crippen LogP contribution in [-0.4, -0.2) is 56.0 Å². The second-order valence-corrected chi connectivity index (χ2v) is 5.89. The number of likely N-dealkylation sites (N-methyl/N-ethyl adjacent to an activating group) is 1. The molecule has 1 heterocycles. The molecular weight excluding hydrogens is 250 g/mol. The van der Waals surface area contributed by atoms with Gasteiger partial charge in [-0.1, -0.05) is 12.1 Å². The first-order chi connectivity index (χ1) is 9.47. The molecule has 0 radical (unpaired) electrons. The van der Waals surface area contributed by atoms with Crippen LogP contribution in [0, 0.1) is 0 Å². The van der Waals surface area contributed by atoms with Gasteiger partial charge in [0.15, 0.2) is 0 Å². The Morgan fingerprint density at radius 1 is 1.25 bits per heavy atom. The summed E-state index contributed by atoms with van der Waals surface area (Å²) in [5, 5.41) is 0. The van der Waals surface area contributed by atoms with Gasteiger partial charge in [-0.3, -0.25) is 4.79 Å². The van der Waals surface area contributed by atoms with E-state index in [4.69, 9.17) is 0 Å². The standard InChI is InChI=1S/C16H25N3O/c1-13(20)18(4)11-14-5-7-15(8-6-14)19-10-9-16(12-19)17(2)3/h5-8,16H,9-12H2,1-4H3. The Kier molecular flexibility index (Phi) is 4.65. The van der Waals surface area contributed by atoms with Crippen LogP contribution in [0.3, 0.4) is 0 Å². The van der Waals surface area contributed by atoms with Crippen LogP contribution in [0.1, 0.15) is 18.9 Å². The second-order valence-electron chi connectivity index (χ2n) is 5.89. The van der Waals surface area contributed by atoms with Gasteiger partial charge in [0.05, 0.1) is 0 Å². The van der Waals surface area contributed by atoms with Crippen molar-refractivity contribution in [3.63, 3.8) is 0 Å². The van der Waals surface area contributed by atoms with Crippen LogP contribution >= 0.6 is 0 Å². The Balaban J connectivity index is 1.97. The summed E-state index contributed by atoms with van der Waals surface area (Å²) < 4.78 is 0. The van der Waals surface area contributed by atoms with E-state index in [1.165, 1.54) is 17.7 Å². The van der Waals surface area contributed by atoms with Crippen LogP contribution in [0.25, 0.3) is 0 Å². The summed E-state index contributed by atoms with van der Waals surface area (Å²) in [5.74, 6) is 0.0995. The van der Waals surface area contributed by atoms with E-state index < -0.39 is 0 Å². The molecule has 0 spiro atoms. The Hall–Kier alpha value is -1.55. The predicted octanol–water partition coefficient (Wildman–Crippen LogP) is 1.81. The molecular formula is C16H25N3O. The molecule has 0 saturated carbocycles. The Morgan fingerprint density at radius 3 is 2.40 bits per heavy atom. The number of anilines is 1. The SMILES string of the molecule is CC(=O)N(C)Cc1ccc(N2CCC(N(C)C)C2)cc1. The number of amides is 1. The Morgan fingerprint density at radius 2 is 1.90 bits per heavy atom. The van der Waals surface area contributed by atoms with E-state index in [-0.39, 0.29) is 5.91 Å². The summed E-state index contributed by atoms with van der Waals surface area (Å²) in [6, 6.07) is 9.23. The molecule has 0 aromatic heterocycles. The molecule has 1 aliphatic rings. The van der Waals surface area contributed by atoms with E-state index in [1.54, 1.807) is 11.8 Å². The highest BCUT2D eigenvalue weighted by Gasteiger charge is 2.23. The van der Waals surface area contributed by atoms with E-state index in [9.17, 15) is 4.79 Å². The maximum Gasteiger partial charge on any atom is 0.219 e. The van der Waals surface area contributed by atoms with Crippen LogP contribution in [0.5, 0.6) is 0 Å². The fraction of sp³-hybridized carbons (Fsp3) is 0.562. The molecule has 1 unspecified atom stereocenters. The van der Waals surface area contributed by atoms with Crippen molar-refractivity contribution < 1.29 is 4.79 Å². The van der Waals surface area contributed by atoms with Crippen LogP contribution in [0.15, 0.2) is 24.3 Å². The molecule has 1 atom stereocenters. The lowest BCUT2D eigenvalue weighted by atomic mass is 10.2. The lowest BCUT2D eigenvalue weighted by Crippen LogP contribution is -2.31. The minimum atomic E-state index is 0.0995. The van der Waals surface area contributed by atoms with Crippen molar-refractivity contribution in [1.29, 1.82) is 0 Å². The van der Waals surface area contributed by atoms with Crippen molar-refractivity contribution >= 4 is 11.6 Å². The molecule has 1 saturated heterocycles. The fourth-order valence-corrected chi connectivity index (χ4v) is 2.60. The van der Waals surface area contributed by atoms with E-state index in [2.05, 4.69) is 48.2 Å². The van der Waals surface area contributed by atoms with Crippen LogP contribution in [0.4, 0.5) is 5.69 Å². The summed E-state index contributed by atoms with van der Waals surface area (Å²) in [7, 11) is 6.13. The van der Waals surface area contributed by atoms with Gasteiger partial charge < -0.3 is 14.7 Å². The molecule has 4 nitrogen and oxygen atoms in total. The lowest BCUT2D eigenvalue weighted by Gasteiger charge is -2.22. The zero-order valence-electron chi connectivity index (χ0n) is 13.0. The first kappa shape index (κ1) is 14.9. The van der Waals surface area contributed by atoms with Gasteiger partial charge >= 0.3 is 0 Å². The number of carbonyl (C=O) groups is 1. The summed E-state index contributed by atoms with van der Waals surface area (Å²) in [6.07, 6.45) is 1.22. The largest absolute Gasteiger partial charge is 0.370 e. The normalized spacial score (nSPS) is 18.6. The third-order valence-corrected chi connectivity index (χ3v) is 4.15. The van der Waals surface area contributed by atoms with Gasteiger partial charge in [0, 0.05) is 45.3 Å². The number of hydrogen-bond donors (Lipinski definition) is 0. The maximum atomic E-state index is 11.2. The first-order valence-corrected chi connectivity index (χ1v) is 7.19. The van der Waals surface area contributed by atoms with Crippen molar-refractivity contribution in [2.45, 2.75) is 25.9 Å². The topological polar surface area (TPSA) is 26.8 Å². The van der Waals surface area contributed by atoms with E-state index in [0.717, 1.165) is 13.1 Å². The molecule has 1 aromatic carbocycles. The quantitative estimate of drug-likeness (QED) is 0.838. The predicted molar refractivity (Wildman–Crippen MR) is 82.9 cm³/mol. The Labute approximate surface area is 122 Å². The molecule has 1 aliphatic heterocycles. The van der Waals surface area contributed by atoms with Gasteiger partial charge in [0.1, 0.15) is 0 Å². The molecule has 4 heteroatoms. The van der Waals surface area contributed by atoms with Crippen LogP contribution in [0.2, 0.25) is 0 Å². The highest BCUT2D eigenvalue weighted by molar-refractivity contribution is 5.72. The minimum absolute atomic E-state index is 0.0995. The number of benzene rings is 1. The average Bonchev–Trinajstić information content (AvgIpc) is 2.89. The molecule has 1 amide bonds. The van der Waals surface area contributed by atoms with E-state index >= 15 is 0 Å². The number of nitrogens with zero attached hydrogens (tertiary/aromatic N) is 3. The highest BCUT2D eigenvalue weighted by atomic mass is 16.2. The third-order valence-electron chi connectivity index (χ3n) is 4.15. The van der Waals surface area contributed by atoms with Gasteiger partial charge in [0.2, 0.25) is 5.91 Å². The second kappa shape index (κ2) is 6.27. The minimum Gasteiger partial charge on any atom is -0.370 e. The molecule has 1 fully saturated rings. The molecule has 0 N–H and O–H groups in total. The maximum absolute atomic E-state index is 11.2. The molecule has 2 rings (SSSR count). The molecule has 1 aromatic rings. The van der Waals surface area contributed by atoms with Gasteiger partial charge in [0.25, 0.3) is 0 Å². The van der Waals surface area contributed by atoms with Gasteiger partial charge in [-0.05, 0) is 38.2 Å². The number of carbonyl (C=O) groups excluding carboxylic acids is 1. The average molecular weight is 275 g/mol. The highest BCUT2D eigenvalue weighted by Crippen LogP contribution is 2.22. The number of rotatable bonds is 4. The Bertz CT molecular complexity index is 455. The summed E-state index contributed by atoms with van der Waals surface area (Å²) in [5.41, 5.74) is 2.46. The van der Waals surface area contributed by atoms with Crippen molar-refractivity contribution in [3.8, 4) is 0 Å².